The first-order valence-corrected chi connectivity index (χ1v) is 5.99. The molecule has 1 aromatic carbocycles. The lowest BCUT2D eigenvalue weighted by molar-refractivity contribution is -0.123. The lowest BCUT2D eigenvalue weighted by Crippen LogP contribution is -2.30. The van der Waals surface area contributed by atoms with Crippen molar-refractivity contribution in [1.29, 1.82) is 0 Å². The Labute approximate surface area is 109 Å². The summed E-state index contributed by atoms with van der Waals surface area (Å²) in [4.78, 5) is 22.5. The van der Waals surface area contributed by atoms with E-state index in [0.29, 0.717) is 19.6 Å². The highest BCUT2D eigenvalue weighted by Crippen LogP contribution is 2.19. The molecule has 1 amide bonds. The second-order valence-corrected chi connectivity index (χ2v) is 4.40. The monoisotopic (exact) mass is 267 g/mol. The Morgan fingerprint density at radius 2 is 2.21 bits per heavy atom. The average molecular weight is 267 g/mol. The second-order valence-electron chi connectivity index (χ2n) is 4.40. The average Bonchev–Trinajstić information content (AvgIpc) is 2.41. The molecule has 6 heteroatoms. The van der Waals surface area contributed by atoms with Gasteiger partial charge in [-0.05, 0) is 31.0 Å². The fourth-order valence-corrected chi connectivity index (χ4v) is 1.93. The number of amides is 1. The molecule has 2 N–H and O–H groups in total. The molecule has 1 aromatic rings. The van der Waals surface area contributed by atoms with Gasteiger partial charge in [0, 0.05) is 6.61 Å². The maximum Gasteiger partial charge on any atom is 0.335 e. The van der Waals surface area contributed by atoms with Crippen LogP contribution < -0.4 is 5.32 Å². The third-order valence-corrected chi connectivity index (χ3v) is 3.00. The summed E-state index contributed by atoms with van der Waals surface area (Å²) in [6.07, 6.45) is 1.51. The molecule has 1 saturated heterocycles. The van der Waals surface area contributed by atoms with Crippen LogP contribution in [0.15, 0.2) is 18.2 Å². The van der Waals surface area contributed by atoms with Gasteiger partial charge in [-0.25, -0.2) is 9.18 Å². The molecule has 0 aromatic heterocycles. The van der Waals surface area contributed by atoms with Crippen molar-refractivity contribution in [3.8, 4) is 0 Å². The zero-order valence-electron chi connectivity index (χ0n) is 10.2. The standard InChI is InChI=1S/C13H14FNO4/c14-10-6-8(13(17)18)3-4-11(10)15-12(16)9-2-1-5-19-7-9/h3-4,6,9H,1-2,5,7H2,(H,15,16)(H,17,18)/t9-/m0/s1. The number of aromatic carboxylic acids is 1. The van der Waals surface area contributed by atoms with E-state index in [2.05, 4.69) is 5.32 Å². The van der Waals surface area contributed by atoms with Crippen molar-refractivity contribution in [1.82, 2.24) is 0 Å². The highest BCUT2D eigenvalue weighted by molar-refractivity contribution is 5.94. The Bertz CT molecular complexity index is 497. The zero-order chi connectivity index (χ0) is 13.8. The Morgan fingerprint density at radius 3 is 2.79 bits per heavy atom. The molecule has 1 heterocycles. The molecule has 0 unspecified atom stereocenters. The van der Waals surface area contributed by atoms with Gasteiger partial charge < -0.3 is 15.2 Å². The Morgan fingerprint density at radius 1 is 1.42 bits per heavy atom. The highest BCUT2D eigenvalue weighted by atomic mass is 19.1. The zero-order valence-corrected chi connectivity index (χ0v) is 10.2. The van der Waals surface area contributed by atoms with Gasteiger partial charge in [-0.2, -0.15) is 0 Å². The maximum absolute atomic E-state index is 13.6. The molecular weight excluding hydrogens is 253 g/mol. The van der Waals surface area contributed by atoms with E-state index in [0.717, 1.165) is 12.5 Å². The molecule has 0 spiro atoms. The highest BCUT2D eigenvalue weighted by Gasteiger charge is 2.22. The third kappa shape index (κ3) is 3.29. The molecule has 1 fully saturated rings. The summed E-state index contributed by atoms with van der Waals surface area (Å²) in [6.45, 7) is 0.978. The molecule has 19 heavy (non-hydrogen) atoms. The number of hydrogen-bond acceptors (Lipinski definition) is 3. The summed E-state index contributed by atoms with van der Waals surface area (Å²) in [5.74, 6) is -2.56. The Balaban J connectivity index is 2.06. The summed E-state index contributed by atoms with van der Waals surface area (Å²) >= 11 is 0. The van der Waals surface area contributed by atoms with Crippen molar-refractivity contribution in [2.24, 2.45) is 5.92 Å². The van der Waals surface area contributed by atoms with Crippen LogP contribution in [-0.2, 0) is 9.53 Å². The Hall–Kier alpha value is -1.95. The summed E-state index contributed by atoms with van der Waals surface area (Å²) in [7, 11) is 0. The number of hydrogen-bond donors (Lipinski definition) is 2. The van der Waals surface area contributed by atoms with Crippen LogP contribution in [0.3, 0.4) is 0 Å². The molecule has 0 saturated carbocycles. The fraction of sp³-hybridized carbons (Fsp3) is 0.385. The van der Waals surface area contributed by atoms with E-state index in [9.17, 15) is 14.0 Å². The van der Waals surface area contributed by atoms with Crippen molar-refractivity contribution in [3.63, 3.8) is 0 Å². The molecule has 0 aliphatic carbocycles. The van der Waals surface area contributed by atoms with Crippen LogP contribution in [0.1, 0.15) is 23.2 Å². The predicted molar refractivity (Wildman–Crippen MR) is 65.5 cm³/mol. The van der Waals surface area contributed by atoms with E-state index in [1.807, 2.05) is 0 Å². The topological polar surface area (TPSA) is 75.6 Å². The van der Waals surface area contributed by atoms with E-state index in [-0.39, 0.29) is 23.1 Å². The number of anilines is 1. The minimum atomic E-state index is -1.21. The largest absolute Gasteiger partial charge is 0.478 e. The van der Waals surface area contributed by atoms with Gasteiger partial charge >= 0.3 is 5.97 Å². The van der Waals surface area contributed by atoms with Crippen LogP contribution in [-0.4, -0.2) is 30.2 Å². The Kier molecular flexibility index (Phi) is 4.11. The number of rotatable bonds is 3. The van der Waals surface area contributed by atoms with Crippen molar-refractivity contribution >= 4 is 17.6 Å². The van der Waals surface area contributed by atoms with Gasteiger partial charge in [0.2, 0.25) is 5.91 Å². The number of ether oxygens (including phenoxy) is 1. The molecule has 1 atom stereocenters. The molecule has 2 rings (SSSR count). The maximum atomic E-state index is 13.6. The first kappa shape index (κ1) is 13.5. The third-order valence-electron chi connectivity index (χ3n) is 3.00. The number of carboxylic acids is 1. The predicted octanol–water partition coefficient (Wildman–Crippen LogP) is 1.89. The van der Waals surface area contributed by atoms with E-state index in [4.69, 9.17) is 9.84 Å². The number of carbonyl (C=O) groups excluding carboxylic acids is 1. The first-order chi connectivity index (χ1) is 9.08. The van der Waals surface area contributed by atoms with E-state index >= 15 is 0 Å². The van der Waals surface area contributed by atoms with Crippen LogP contribution in [0.25, 0.3) is 0 Å². The molecule has 102 valence electrons. The van der Waals surface area contributed by atoms with Crippen molar-refractivity contribution in [2.75, 3.05) is 18.5 Å². The van der Waals surface area contributed by atoms with Gasteiger partial charge in [-0.1, -0.05) is 0 Å². The van der Waals surface area contributed by atoms with Crippen LogP contribution in [0.4, 0.5) is 10.1 Å². The van der Waals surface area contributed by atoms with Gasteiger partial charge in [0.05, 0.1) is 23.8 Å². The van der Waals surface area contributed by atoms with Crippen molar-refractivity contribution in [3.05, 3.63) is 29.6 Å². The molecular formula is C13H14FNO4. The van der Waals surface area contributed by atoms with Crippen LogP contribution in [0.2, 0.25) is 0 Å². The smallest absolute Gasteiger partial charge is 0.335 e. The molecule has 0 bridgehead atoms. The van der Waals surface area contributed by atoms with Crippen LogP contribution >= 0.6 is 0 Å². The normalized spacial score (nSPS) is 18.9. The van der Waals surface area contributed by atoms with Crippen molar-refractivity contribution < 1.29 is 23.8 Å². The van der Waals surface area contributed by atoms with Gasteiger partial charge in [0.25, 0.3) is 0 Å². The summed E-state index contributed by atoms with van der Waals surface area (Å²) in [5, 5.41) is 11.2. The molecule has 0 radical (unpaired) electrons. The van der Waals surface area contributed by atoms with E-state index in [1.165, 1.54) is 12.1 Å². The SMILES string of the molecule is O=C(O)c1ccc(NC(=O)[C@H]2CCCOC2)c(F)c1. The summed E-state index contributed by atoms with van der Waals surface area (Å²) in [5.41, 5.74) is -0.169. The van der Waals surface area contributed by atoms with E-state index in [1.54, 1.807) is 0 Å². The minimum absolute atomic E-state index is 0.0134. The number of nitrogens with one attached hydrogen (secondary N) is 1. The number of carboxylic acid groups (broad SMARTS) is 1. The number of benzene rings is 1. The minimum Gasteiger partial charge on any atom is -0.478 e. The van der Waals surface area contributed by atoms with Crippen molar-refractivity contribution in [2.45, 2.75) is 12.8 Å². The van der Waals surface area contributed by atoms with Gasteiger partial charge in [0.15, 0.2) is 0 Å². The summed E-state index contributed by atoms with van der Waals surface area (Å²) < 4.78 is 18.8. The van der Waals surface area contributed by atoms with Crippen LogP contribution in [0.5, 0.6) is 0 Å². The molecule has 1 aliphatic heterocycles. The van der Waals surface area contributed by atoms with Gasteiger partial charge in [-0.15, -0.1) is 0 Å². The first-order valence-electron chi connectivity index (χ1n) is 5.99. The fourth-order valence-electron chi connectivity index (χ4n) is 1.93. The number of halogens is 1. The van der Waals surface area contributed by atoms with Gasteiger partial charge in [0.1, 0.15) is 5.82 Å². The quantitative estimate of drug-likeness (QED) is 0.876. The lowest BCUT2D eigenvalue weighted by Gasteiger charge is -2.21. The summed E-state index contributed by atoms with van der Waals surface area (Å²) in [6, 6.07) is 3.38. The molecule has 5 nitrogen and oxygen atoms in total. The second kappa shape index (κ2) is 5.79. The van der Waals surface area contributed by atoms with E-state index < -0.39 is 11.8 Å². The number of carbonyl (C=O) groups is 2. The molecule has 1 aliphatic rings. The lowest BCUT2D eigenvalue weighted by atomic mass is 10.0. The van der Waals surface area contributed by atoms with Crippen LogP contribution in [0, 0.1) is 11.7 Å². The van der Waals surface area contributed by atoms with Gasteiger partial charge in [-0.3, -0.25) is 4.79 Å².